The molecule has 3 aliphatic carbocycles. The van der Waals surface area contributed by atoms with Crippen molar-refractivity contribution in [3.63, 3.8) is 0 Å². The van der Waals surface area contributed by atoms with E-state index in [0.29, 0.717) is 17.6 Å². The SMILES string of the molecule is C1=CC2C=CC=C(c3nc(C4=CCC=C(c5cccc6ccccc56)C=C4)nc(-c4cccc5ccccc45)n3)C2C=C1. The van der Waals surface area contributed by atoms with Gasteiger partial charge in [0.1, 0.15) is 0 Å². The maximum Gasteiger partial charge on any atom is 0.164 e. The van der Waals surface area contributed by atoms with Gasteiger partial charge in [-0.1, -0.05) is 152 Å². The average Bonchev–Trinajstić information content (AvgIpc) is 3.34. The molecule has 43 heavy (non-hydrogen) atoms. The van der Waals surface area contributed by atoms with Crippen LogP contribution in [0.2, 0.25) is 0 Å². The molecule has 3 heteroatoms. The van der Waals surface area contributed by atoms with Crippen LogP contribution in [-0.2, 0) is 0 Å². The summed E-state index contributed by atoms with van der Waals surface area (Å²) in [6.45, 7) is 0. The zero-order chi connectivity index (χ0) is 28.6. The first kappa shape index (κ1) is 25.3. The highest BCUT2D eigenvalue weighted by atomic mass is 15.0. The first-order valence-electron chi connectivity index (χ1n) is 14.9. The fraction of sp³-hybridized carbons (Fsp3) is 0.0750. The number of fused-ring (bicyclic) bond motifs is 3. The van der Waals surface area contributed by atoms with Gasteiger partial charge in [0, 0.05) is 28.5 Å². The van der Waals surface area contributed by atoms with Gasteiger partial charge in [-0.2, -0.15) is 0 Å². The minimum Gasteiger partial charge on any atom is -0.209 e. The van der Waals surface area contributed by atoms with Gasteiger partial charge < -0.3 is 0 Å². The molecule has 0 N–H and O–H groups in total. The van der Waals surface area contributed by atoms with E-state index in [-0.39, 0.29) is 5.92 Å². The van der Waals surface area contributed by atoms with Crippen molar-refractivity contribution in [3.05, 3.63) is 169 Å². The molecule has 4 aromatic carbocycles. The molecule has 0 amide bonds. The Morgan fingerprint density at radius 3 is 1.95 bits per heavy atom. The molecule has 0 spiro atoms. The first-order valence-corrected chi connectivity index (χ1v) is 14.9. The van der Waals surface area contributed by atoms with Crippen LogP contribution >= 0.6 is 0 Å². The third-order valence-corrected chi connectivity index (χ3v) is 8.55. The molecule has 0 bridgehead atoms. The average molecular weight is 552 g/mol. The Balaban J connectivity index is 1.25. The van der Waals surface area contributed by atoms with Crippen LogP contribution < -0.4 is 0 Å². The molecule has 5 aromatic rings. The molecule has 3 nitrogen and oxygen atoms in total. The van der Waals surface area contributed by atoms with Crippen molar-refractivity contribution in [1.29, 1.82) is 0 Å². The van der Waals surface area contributed by atoms with Gasteiger partial charge in [-0.05, 0) is 39.1 Å². The molecular weight excluding hydrogens is 522 g/mol. The van der Waals surface area contributed by atoms with E-state index < -0.39 is 0 Å². The normalized spacial score (nSPS) is 19.1. The predicted octanol–water partition coefficient (Wildman–Crippen LogP) is 9.58. The highest BCUT2D eigenvalue weighted by Gasteiger charge is 2.27. The molecule has 0 saturated heterocycles. The van der Waals surface area contributed by atoms with E-state index in [2.05, 4.69) is 152 Å². The zero-order valence-corrected chi connectivity index (χ0v) is 23.6. The number of aromatic nitrogens is 3. The molecule has 1 heterocycles. The fourth-order valence-electron chi connectivity index (χ4n) is 6.39. The van der Waals surface area contributed by atoms with Gasteiger partial charge in [-0.15, -0.1) is 0 Å². The maximum absolute atomic E-state index is 5.14. The highest BCUT2D eigenvalue weighted by Crippen LogP contribution is 2.37. The van der Waals surface area contributed by atoms with Gasteiger partial charge in [0.05, 0.1) is 0 Å². The van der Waals surface area contributed by atoms with Gasteiger partial charge in [-0.25, -0.2) is 15.0 Å². The lowest BCUT2D eigenvalue weighted by molar-refractivity contribution is 0.671. The molecular formula is C40H29N3. The quantitative estimate of drug-likeness (QED) is 0.223. The summed E-state index contributed by atoms with van der Waals surface area (Å²) in [6, 6.07) is 29.8. The molecule has 0 saturated carbocycles. The fourth-order valence-corrected chi connectivity index (χ4v) is 6.39. The Kier molecular flexibility index (Phi) is 6.34. The lowest BCUT2D eigenvalue weighted by Crippen LogP contribution is -2.17. The molecule has 3 aliphatic rings. The molecule has 204 valence electrons. The van der Waals surface area contributed by atoms with Crippen LogP contribution in [0.3, 0.4) is 0 Å². The monoisotopic (exact) mass is 551 g/mol. The lowest BCUT2D eigenvalue weighted by Gasteiger charge is -2.26. The third kappa shape index (κ3) is 4.69. The number of hydrogen-bond acceptors (Lipinski definition) is 3. The minimum absolute atomic E-state index is 0.198. The number of hydrogen-bond donors (Lipinski definition) is 0. The largest absolute Gasteiger partial charge is 0.209 e. The zero-order valence-electron chi connectivity index (χ0n) is 23.6. The van der Waals surface area contributed by atoms with Crippen LogP contribution in [0, 0.1) is 11.8 Å². The van der Waals surface area contributed by atoms with Gasteiger partial charge in [0.25, 0.3) is 0 Å². The van der Waals surface area contributed by atoms with Crippen molar-refractivity contribution < 1.29 is 0 Å². The topological polar surface area (TPSA) is 38.7 Å². The van der Waals surface area contributed by atoms with Crippen molar-refractivity contribution in [3.8, 4) is 11.4 Å². The molecule has 2 unspecified atom stereocenters. The Morgan fingerprint density at radius 2 is 1.12 bits per heavy atom. The predicted molar refractivity (Wildman–Crippen MR) is 179 cm³/mol. The number of rotatable bonds is 4. The Bertz CT molecular complexity index is 2110. The van der Waals surface area contributed by atoms with E-state index in [4.69, 9.17) is 15.0 Å². The van der Waals surface area contributed by atoms with Crippen molar-refractivity contribution in [2.75, 3.05) is 0 Å². The van der Waals surface area contributed by atoms with Gasteiger partial charge in [0.2, 0.25) is 0 Å². The third-order valence-electron chi connectivity index (χ3n) is 8.55. The second-order valence-corrected chi connectivity index (χ2v) is 11.1. The van der Waals surface area contributed by atoms with Crippen LogP contribution in [0.15, 0.2) is 152 Å². The smallest absolute Gasteiger partial charge is 0.164 e. The summed E-state index contributed by atoms with van der Waals surface area (Å²) < 4.78 is 0. The summed E-state index contributed by atoms with van der Waals surface area (Å²) >= 11 is 0. The van der Waals surface area contributed by atoms with Gasteiger partial charge >= 0.3 is 0 Å². The van der Waals surface area contributed by atoms with E-state index in [1.807, 2.05) is 0 Å². The van der Waals surface area contributed by atoms with E-state index >= 15 is 0 Å². The highest BCUT2D eigenvalue weighted by molar-refractivity contribution is 5.98. The van der Waals surface area contributed by atoms with Crippen molar-refractivity contribution in [1.82, 2.24) is 15.0 Å². The van der Waals surface area contributed by atoms with E-state index in [0.717, 1.165) is 34.3 Å². The van der Waals surface area contributed by atoms with Gasteiger partial charge in [-0.3, -0.25) is 0 Å². The lowest BCUT2D eigenvalue weighted by atomic mass is 9.79. The first-order chi connectivity index (χ1) is 21.3. The molecule has 0 aliphatic heterocycles. The van der Waals surface area contributed by atoms with E-state index in [1.165, 1.54) is 27.3 Å². The Hall–Kier alpha value is -5.41. The molecule has 0 fully saturated rings. The van der Waals surface area contributed by atoms with E-state index in [9.17, 15) is 0 Å². The summed E-state index contributed by atoms with van der Waals surface area (Å²) in [4.78, 5) is 15.4. The van der Waals surface area contributed by atoms with Crippen molar-refractivity contribution in [2.45, 2.75) is 6.42 Å². The van der Waals surface area contributed by atoms with Crippen LogP contribution in [0.1, 0.15) is 23.6 Å². The van der Waals surface area contributed by atoms with Crippen LogP contribution in [-0.4, -0.2) is 15.0 Å². The summed E-state index contributed by atoms with van der Waals surface area (Å²) in [6.07, 6.45) is 25.0. The summed E-state index contributed by atoms with van der Waals surface area (Å²) in [5.74, 6) is 2.62. The summed E-state index contributed by atoms with van der Waals surface area (Å²) in [7, 11) is 0. The minimum atomic E-state index is 0.198. The number of benzene rings is 4. The second kappa shape index (κ2) is 10.8. The molecule has 8 rings (SSSR count). The Labute approximate surface area is 251 Å². The summed E-state index contributed by atoms with van der Waals surface area (Å²) in [5, 5.41) is 4.80. The van der Waals surface area contributed by atoms with Crippen molar-refractivity contribution in [2.24, 2.45) is 11.8 Å². The molecule has 1 aromatic heterocycles. The number of allylic oxidation sites excluding steroid dienone is 14. The van der Waals surface area contributed by atoms with Crippen LogP contribution in [0.4, 0.5) is 0 Å². The second-order valence-electron chi connectivity index (χ2n) is 11.1. The Morgan fingerprint density at radius 1 is 0.512 bits per heavy atom. The molecule has 0 radical (unpaired) electrons. The summed E-state index contributed by atoms with van der Waals surface area (Å²) in [5.41, 5.74) is 5.57. The number of nitrogens with zero attached hydrogens (tertiary/aromatic N) is 3. The van der Waals surface area contributed by atoms with E-state index in [1.54, 1.807) is 0 Å². The molecule has 2 atom stereocenters. The van der Waals surface area contributed by atoms with Gasteiger partial charge in [0.15, 0.2) is 17.5 Å². The van der Waals surface area contributed by atoms with Crippen LogP contribution in [0.25, 0.3) is 49.7 Å². The maximum atomic E-state index is 5.14. The standard InChI is InChI=1S/C40H29N3/c1-4-19-32-27(11-1)15-8-22-33(32)30-14-7-18-31(26-25-30)38-41-39(36-23-9-16-28-12-2-5-20-34(28)36)43-40(42-38)37-24-10-17-29-13-3-6-21-35(29)37/h1-6,8-26,28,34H,7H2. The van der Waals surface area contributed by atoms with Crippen LogP contribution in [0.5, 0.6) is 0 Å². The van der Waals surface area contributed by atoms with Crippen molar-refractivity contribution >= 4 is 38.3 Å².